The maximum absolute atomic E-state index is 13.4. The van der Waals surface area contributed by atoms with Gasteiger partial charge in [-0.05, 0) is 57.5 Å². The van der Waals surface area contributed by atoms with Gasteiger partial charge in [0.2, 0.25) is 0 Å². The van der Waals surface area contributed by atoms with Gasteiger partial charge in [-0.25, -0.2) is 0 Å². The third kappa shape index (κ3) is 5.28. The molecule has 0 fully saturated rings. The fourth-order valence-electron chi connectivity index (χ4n) is 3.75. The lowest BCUT2D eigenvalue weighted by atomic mass is 9.95. The number of hydrogen-bond donors (Lipinski definition) is 3. The first-order chi connectivity index (χ1) is 13.8. The van der Waals surface area contributed by atoms with Crippen LogP contribution in [0.2, 0.25) is 0 Å². The number of aliphatic hydroxyl groups excluding tert-OH is 2. The monoisotopic (exact) mass is 399 g/mol. The molecule has 2 aromatic rings. The molecule has 2 rings (SSSR count). The summed E-state index contributed by atoms with van der Waals surface area (Å²) < 4.78 is 0. The summed E-state index contributed by atoms with van der Waals surface area (Å²) in [5.41, 5.74) is 9.69. The molecule has 0 bridgehead atoms. The number of rotatable bonds is 9. The molecule has 0 aromatic heterocycles. The van der Waals surface area contributed by atoms with E-state index in [0.717, 1.165) is 16.8 Å². The van der Waals surface area contributed by atoms with Crippen LogP contribution in [0.4, 0.5) is 11.4 Å². The predicted octanol–water partition coefficient (Wildman–Crippen LogP) is 2.99. The summed E-state index contributed by atoms with van der Waals surface area (Å²) in [5.74, 6) is -0.0326. The summed E-state index contributed by atoms with van der Waals surface area (Å²) in [7, 11) is 0. The second-order valence-corrected chi connectivity index (χ2v) is 7.66. The summed E-state index contributed by atoms with van der Waals surface area (Å²) >= 11 is 0. The zero-order valence-corrected chi connectivity index (χ0v) is 17.8. The van der Waals surface area contributed by atoms with Gasteiger partial charge in [0, 0.05) is 47.7 Å². The van der Waals surface area contributed by atoms with E-state index < -0.39 is 0 Å². The van der Waals surface area contributed by atoms with Crippen molar-refractivity contribution < 1.29 is 15.0 Å². The van der Waals surface area contributed by atoms with Crippen molar-refractivity contribution in [1.29, 1.82) is 0 Å². The van der Waals surface area contributed by atoms with E-state index in [1.807, 2.05) is 73.9 Å². The van der Waals surface area contributed by atoms with Gasteiger partial charge in [-0.1, -0.05) is 18.2 Å². The van der Waals surface area contributed by atoms with Crippen LogP contribution in [0.3, 0.4) is 0 Å². The Kier molecular flexibility index (Phi) is 8.05. The van der Waals surface area contributed by atoms with Gasteiger partial charge >= 0.3 is 0 Å². The number of carbonyl (C=O) groups is 1. The van der Waals surface area contributed by atoms with E-state index in [4.69, 9.17) is 5.73 Å². The molecular weight excluding hydrogens is 366 g/mol. The zero-order valence-electron chi connectivity index (χ0n) is 17.8. The summed E-state index contributed by atoms with van der Waals surface area (Å²) in [6.07, 6.45) is 0. The van der Waals surface area contributed by atoms with Gasteiger partial charge in [-0.3, -0.25) is 4.79 Å². The molecule has 0 aliphatic heterocycles. The highest BCUT2D eigenvalue weighted by Gasteiger charge is 2.25. The Hall–Kier alpha value is -2.57. The number of anilines is 2. The molecule has 0 saturated carbocycles. The number of carbonyl (C=O) groups excluding carboxylic acids is 1. The molecule has 0 heterocycles. The zero-order chi connectivity index (χ0) is 21.6. The van der Waals surface area contributed by atoms with Crippen LogP contribution in [-0.4, -0.2) is 59.4 Å². The number of aliphatic hydroxyl groups is 2. The summed E-state index contributed by atoms with van der Waals surface area (Å²) in [6.45, 7) is 8.70. The highest BCUT2D eigenvalue weighted by Crippen LogP contribution is 2.35. The summed E-state index contributed by atoms with van der Waals surface area (Å²) in [6, 6.07) is 13.2. The molecular formula is C23H33N3O3. The second-order valence-electron chi connectivity index (χ2n) is 7.66. The minimum atomic E-state index is -0.0428. The van der Waals surface area contributed by atoms with Crippen molar-refractivity contribution in [3.63, 3.8) is 0 Å². The number of nitrogen functional groups attached to an aromatic ring is 1. The van der Waals surface area contributed by atoms with Crippen LogP contribution in [0.1, 0.15) is 38.1 Å². The topological polar surface area (TPSA) is 90.0 Å². The van der Waals surface area contributed by atoms with E-state index in [1.165, 1.54) is 0 Å². The number of amides is 1. The lowest BCUT2D eigenvalue weighted by Crippen LogP contribution is -2.42. The van der Waals surface area contributed by atoms with Crippen molar-refractivity contribution in [2.45, 2.75) is 39.8 Å². The van der Waals surface area contributed by atoms with E-state index in [9.17, 15) is 15.0 Å². The Morgan fingerprint density at radius 1 is 0.931 bits per heavy atom. The van der Waals surface area contributed by atoms with E-state index >= 15 is 0 Å². The average molecular weight is 400 g/mol. The molecule has 0 radical (unpaired) electrons. The van der Waals surface area contributed by atoms with Crippen molar-refractivity contribution in [2.24, 2.45) is 0 Å². The van der Waals surface area contributed by atoms with Gasteiger partial charge in [0.25, 0.3) is 5.91 Å². The van der Waals surface area contributed by atoms with Gasteiger partial charge in [-0.2, -0.15) is 0 Å². The molecule has 2 aromatic carbocycles. The molecule has 1 amide bonds. The van der Waals surface area contributed by atoms with E-state index in [2.05, 4.69) is 0 Å². The van der Waals surface area contributed by atoms with E-state index in [0.29, 0.717) is 24.3 Å². The maximum atomic E-state index is 13.4. The van der Waals surface area contributed by atoms with E-state index in [1.54, 1.807) is 6.07 Å². The van der Waals surface area contributed by atoms with Crippen LogP contribution in [0.15, 0.2) is 42.5 Å². The maximum Gasteiger partial charge on any atom is 0.254 e. The first-order valence-electron chi connectivity index (χ1n) is 10.1. The van der Waals surface area contributed by atoms with Gasteiger partial charge in [0.1, 0.15) is 0 Å². The molecule has 4 N–H and O–H groups in total. The molecule has 0 aliphatic rings. The average Bonchev–Trinajstić information content (AvgIpc) is 2.67. The van der Waals surface area contributed by atoms with Gasteiger partial charge < -0.3 is 25.7 Å². The van der Waals surface area contributed by atoms with Crippen LogP contribution < -0.4 is 10.6 Å². The Morgan fingerprint density at radius 3 is 2.07 bits per heavy atom. The normalized spacial score (nSPS) is 11.2. The van der Waals surface area contributed by atoms with Crippen molar-refractivity contribution >= 4 is 17.3 Å². The van der Waals surface area contributed by atoms with Crippen molar-refractivity contribution in [3.8, 4) is 11.1 Å². The number of nitrogens with zero attached hydrogens (tertiary/aromatic N) is 2. The number of hydrogen-bond acceptors (Lipinski definition) is 5. The minimum absolute atomic E-state index is 0.0326. The molecule has 158 valence electrons. The first kappa shape index (κ1) is 22.7. The number of benzene rings is 2. The summed E-state index contributed by atoms with van der Waals surface area (Å²) in [4.78, 5) is 17.2. The van der Waals surface area contributed by atoms with Crippen molar-refractivity contribution in [2.75, 3.05) is 36.9 Å². The molecule has 0 unspecified atom stereocenters. The van der Waals surface area contributed by atoms with Gasteiger partial charge in [0.05, 0.1) is 13.2 Å². The molecule has 6 nitrogen and oxygen atoms in total. The largest absolute Gasteiger partial charge is 0.399 e. The highest BCUT2D eigenvalue weighted by atomic mass is 16.3. The predicted molar refractivity (Wildman–Crippen MR) is 119 cm³/mol. The smallest absolute Gasteiger partial charge is 0.254 e. The molecule has 0 aliphatic carbocycles. The SMILES string of the molecule is CC(C)N(C(=O)c1ccccc1-c1cc(N)ccc1N(CCO)CCO)C(C)C. The quantitative estimate of drug-likeness (QED) is 0.564. The molecule has 6 heteroatoms. The lowest BCUT2D eigenvalue weighted by Gasteiger charge is -2.32. The van der Waals surface area contributed by atoms with E-state index in [-0.39, 0.29) is 31.2 Å². The van der Waals surface area contributed by atoms with Crippen LogP contribution >= 0.6 is 0 Å². The number of nitrogens with two attached hydrogens (primary N) is 1. The fraction of sp³-hybridized carbons (Fsp3) is 0.435. The summed E-state index contributed by atoms with van der Waals surface area (Å²) in [5, 5.41) is 18.9. The lowest BCUT2D eigenvalue weighted by molar-refractivity contribution is 0.0644. The third-order valence-electron chi connectivity index (χ3n) is 4.90. The second kappa shape index (κ2) is 10.3. The van der Waals surface area contributed by atoms with Crippen LogP contribution in [0.5, 0.6) is 0 Å². The Bertz CT molecular complexity index is 807. The van der Waals surface area contributed by atoms with Crippen LogP contribution in [0.25, 0.3) is 11.1 Å². The molecule has 0 atom stereocenters. The molecule has 29 heavy (non-hydrogen) atoms. The fourth-order valence-corrected chi connectivity index (χ4v) is 3.75. The van der Waals surface area contributed by atoms with Gasteiger partial charge in [-0.15, -0.1) is 0 Å². The Morgan fingerprint density at radius 2 is 1.52 bits per heavy atom. The third-order valence-corrected chi connectivity index (χ3v) is 4.90. The first-order valence-corrected chi connectivity index (χ1v) is 10.1. The Labute approximate surface area is 173 Å². The van der Waals surface area contributed by atoms with Crippen LogP contribution in [-0.2, 0) is 0 Å². The highest BCUT2D eigenvalue weighted by molar-refractivity contribution is 6.03. The minimum Gasteiger partial charge on any atom is -0.399 e. The van der Waals surface area contributed by atoms with Crippen molar-refractivity contribution in [1.82, 2.24) is 4.90 Å². The Balaban J connectivity index is 2.64. The molecule has 0 saturated heterocycles. The molecule has 0 spiro atoms. The van der Waals surface area contributed by atoms with Gasteiger partial charge in [0.15, 0.2) is 0 Å². The standard InChI is InChI=1S/C23H33N3O3/c1-16(2)26(17(3)4)23(29)20-8-6-5-7-19(20)21-15-18(24)9-10-22(21)25(11-13-27)12-14-28/h5-10,15-17,27-28H,11-14,24H2,1-4H3. The van der Waals surface area contributed by atoms with Crippen molar-refractivity contribution in [3.05, 3.63) is 48.0 Å². The van der Waals surface area contributed by atoms with Crippen LogP contribution in [0, 0.1) is 0 Å².